The highest BCUT2D eigenvalue weighted by atomic mass is 19.4. The van der Waals surface area contributed by atoms with E-state index in [1.54, 1.807) is 12.1 Å². The molecular formula is C19H26F3NO2. The molecule has 2 atom stereocenters. The maximum atomic E-state index is 13.1. The largest absolute Gasteiger partial charge is 0.416 e. The molecule has 25 heavy (non-hydrogen) atoms. The van der Waals surface area contributed by atoms with Gasteiger partial charge in [-0.05, 0) is 30.9 Å². The Morgan fingerprint density at radius 3 is 2.56 bits per heavy atom. The molecule has 1 aliphatic heterocycles. The number of halogens is 3. The molecule has 1 saturated heterocycles. The van der Waals surface area contributed by atoms with Gasteiger partial charge in [-0.3, -0.25) is 4.90 Å². The normalized spacial score (nSPS) is 25.9. The van der Waals surface area contributed by atoms with Gasteiger partial charge in [-0.2, -0.15) is 13.2 Å². The quantitative estimate of drug-likeness (QED) is 0.798. The maximum Gasteiger partial charge on any atom is 0.416 e. The Hall–Kier alpha value is -1.11. The second kappa shape index (κ2) is 8.52. The van der Waals surface area contributed by atoms with Crippen LogP contribution in [0, 0.1) is 0 Å². The van der Waals surface area contributed by atoms with Crippen LogP contribution < -0.4 is 0 Å². The molecule has 1 aromatic carbocycles. The van der Waals surface area contributed by atoms with Gasteiger partial charge in [0.05, 0.1) is 31.5 Å². The van der Waals surface area contributed by atoms with Crippen LogP contribution in [0.5, 0.6) is 0 Å². The van der Waals surface area contributed by atoms with Gasteiger partial charge in [-0.1, -0.05) is 31.0 Å². The van der Waals surface area contributed by atoms with Crippen LogP contribution >= 0.6 is 0 Å². The second-order valence-corrected chi connectivity index (χ2v) is 6.81. The number of benzene rings is 1. The minimum Gasteiger partial charge on any atom is -0.379 e. The van der Waals surface area contributed by atoms with Crippen molar-refractivity contribution < 1.29 is 22.6 Å². The minimum absolute atomic E-state index is 0.116. The van der Waals surface area contributed by atoms with Crippen molar-refractivity contribution in [3.05, 3.63) is 35.4 Å². The predicted molar refractivity (Wildman–Crippen MR) is 89.5 cm³/mol. The van der Waals surface area contributed by atoms with E-state index < -0.39 is 11.7 Å². The highest BCUT2D eigenvalue weighted by molar-refractivity contribution is 5.29. The van der Waals surface area contributed by atoms with E-state index >= 15 is 0 Å². The lowest BCUT2D eigenvalue weighted by atomic mass is 9.91. The summed E-state index contributed by atoms with van der Waals surface area (Å²) in [5.41, 5.74) is -0.235. The van der Waals surface area contributed by atoms with E-state index in [0.717, 1.165) is 51.6 Å². The second-order valence-electron chi connectivity index (χ2n) is 6.81. The molecule has 140 valence electrons. The average molecular weight is 357 g/mol. The fraction of sp³-hybridized carbons (Fsp3) is 0.684. The number of ether oxygens (including phenoxy) is 2. The van der Waals surface area contributed by atoms with E-state index in [9.17, 15) is 13.2 Å². The van der Waals surface area contributed by atoms with Crippen molar-refractivity contribution in [2.24, 2.45) is 0 Å². The Morgan fingerprint density at radius 1 is 1.08 bits per heavy atom. The van der Waals surface area contributed by atoms with E-state index in [-0.39, 0.29) is 6.10 Å². The number of alkyl halides is 3. The molecule has 1 heterocycles. The first kappa shape index (κ1) is 18.7. The van der Waals surface area contributed by atoms with Crippen LogP contribution in [-0.4, -0.2) is 50.0 Å². The van der Waals surface area contributed by atoms with Crippen molar-refractivity contribution >= 4 is 0 Å². The molecule has 1 aliphatic carbocycles. The van der Waals surface area contributed by atoms with Crippen molar-refractivity contribution in [3.8, 4) is 0 Å². The summed E-state index contributed by atoms with van der Waals surface area (Å²) in [5, 5.41) is 0. The molecular weight excluding hydrogens is 331 g/mol. The Balaban J connectivity index is 1.57. The molecule has 6 heteroatoms. The molecule has 1 saturated carbocycles. The van der Waals surface area contributed by atoms with Gasteiger partial charge in [0.2, 0.25) is 0 Å². The SMILES string of the molecule is FC(F)(F)c1ccccc1CCO[C@@H]1CCCC[C@H]1N1CCOCC1. The van der Waals surface area contributed by atoms with Crippen LogP contribution in [-0.2, 0) is 22.1 Å². The van der Waals surface area contributed by atoms with Crippen LogP contribution in [0.1, 0.15) is 36.8 Å². The number of hydrogen-bond acceptors (Lipinski definition) is 3. The van der Waals surface area contributed by atoms with Gasteiger partial charge in [0.25, 0.3) is 0 Å². The lowest BCUT2D eigenvalue weighted by Gasteiger charge is -2.41. The summed E-state index contributed by atoms with van der Waals surface area (Å²) < 4.78 is 50.7. The van der Waals surface area contributed by atoms with E-state index in [2.05, 4.69) is 4.90 Å². The summed E-state index contributed by atoms with van der Waals surface area (Å²) in [6.45, 7) is 3.67. The first-order valence-electron chi connectivity index (χ1n) is 9.14. The Bertz CT molecular complexity index is 544. The van der Waals surface area contributed by atoms with E-state index in [1.165, 1.54) is 12.5 Å². The molecule has 0 radical (unpaired) electrons. The topological polar surface area (TPSA) is 21.7 Å². The number of nitrogens with zero attached hydrogens (tertiary/aromatic N) is 1. The van der Waals surface area contributed by atoms with E-state index in [1.807, 2.05) is 0 Å². The molecule has 0 aromatic heterocycles. The third kappa shape index (κ3) is 4.96. The molecule has 1 aromatic rings. The van der Waals surface area contributed by atoms with Gasteiger partial charge < -0.3 is 9.47 Å². The maximum absolute atomic E-state index is 13.1. The van der Waals surface area contributed by atoms with Crippen molar-refractivity contribution in [3.63, 3.8) is 0 Å². The molecule has 2 aliphatic rings. The highest BCUT2D eigenvalue weighted by Gasteiger charge is 2.34. The molecule has 2 fully saturated rings. The van der Waals surface area contributed by atoms with Crippen LogP contribution in [0.4, 0.5) is 13.2 Å². The first-order chi connectivity index (χ1) is 12.1. The van der Waals surface area contributed by atoms with Gasteiger partial charge >= 0.3 is 6.18 Å². The lowest BCUT2D eigenvalue weighted by Crippen LogP contribution is -2.51. The van der Waals surface area contributed by atoms with Crippen molar-refractivity contribution in [2.75, 3.05) is 32.9 Å². The Morgan fingerprint density at radius 2 is 1.80 bits per heavy atom. The molecule has 0 amide bonds. The van der Waals surface area contributed by atoms with Crippen molar-refractivity contribution in [2.45, 2.75) is 50.4 Å². The van der Waals surface area contributed by atoms with E-state index in [4.69, 9.17) is 9.47 Å². The number of morpholine rings is 1. The molecule has 0 spiro atoms. The zero-order valence-corrected chi connectivity index (χ0v) is 14.4. The smallest absolute Gasteiger partial charge is 0.379 e. The summed E-state index contributed by atoms with van der Waals surface area (Å²) in [4.78, 5) is 2.43. The van der Waals surface area contributed by atoms with Gasteiger partial charge in [-0.25, -0.2) is 0 Å². The van der Waals surface area contributed by atoms with Gasteiger partial charge in [0, 0.05) is 19.1 Å². The summed E-state index contributed by atoms with van der Waals surface area (Å²) in [6, 6.07) is 6.15. The fourth-order valence-electron chi connectivity index (χ4n) is 3.93. The van der Waals surface area contributed by atoms with Crippen LogP contribution in [0.15, 0.2) is 24.3 Å². The summed E-state index contributed by atoms with van der Waals surface area (Å²) in [6.07, 6.45) is 0.514. The summed E-state index contributed by atoms with van der Waals surface area (Å²) >= 11 is 0. The molecule has 0 N–H and O–H groups in total. The van der Waals surface area contributed by atoms with Gasteiger partial charge in [-0.15, -0.1) is 0 Å². The third-order valence-electron chi connectivity index (χ3n) is 5.21. The Kier molecular flexibility index (Phi) is 6.36. The van der Waals surface area contributed by atoms with Crippen molar-refractivity contribution in [1.82, 2.24) is 4.90 Å². The highest BCUT2D eigenvalue weighted by Crippen LogP contribution is 2.32. The van der Waals surface area contributed by atoms with Crippen LogP contribution in [0.25, 0.3) is 0 Å². The fourth-order valence-corrected chi connectivity index (χ4v) is 3.93. The summed E-state index contributed by atoms with van der Waals surface area (Å²) in [5.74, 6) is 0. The zero-order chi connectivity index (χ0) is 17.7. The third-order valence-corrected chi connectivity index (χ3v) is 5.21. The lowest BCUT2D eigenvalue weighted by molar-refractivity contribution is -0.138. The minimum atomic E-state index is -4.31. The zero-order valence-electron chi connectivity index (χ0n) is 14.4. The predicted octanol–water partition coefficient (Wildman–Crippen LogP) is 3.91. The monoisotopic (exact) mass is 357 g/mol. The molecule has 0 bridgehead atoms. The standard InChI is InChI=1S/C19H26F3NO2/c20-19(21,22)16-6-2-1-5-15(16)9-12-25-18-8-4-3-7-17(18)23-10-13-24-14-11-23/h1-2,5-6,17-18H,3-4,7-14H2/t17-,18-/m1/s1. The Labute approximate surface area is 147 Å². The van der Waals surface area contributed by atoms with Crippen LogP contribution in [0.2, 0.25) is 0 Å². The number of rotatable bonds is 5. The van der Waals surface area contributed by atoms with Gasteiger partial charge in [0.15, 0.2) is 0 Å². The van der Waals surface area contributed by atoms with E-state index in [0.29, 0.717) is 24.6 Å². The molecule has 3 nitrogen and oxygen atoms in total. The number of hydrogen-bond donors (Lipinski definition) is 0. The van der Waals surface area contributed by atoms with Crippen LogP contribution in [0.3, 0.4) is 0 Å². The molecule has 3 rings (SSSR count). The summed E-state index contributed by atoms with van der Waals surface area (Å²) in [7, 11) is 0. The van der Waals surface area contributed by atoms with Crippen molar-refractivity contribution in [1.29, 1.82) is 0 Å². The first-order valence-corrected chi connectivity index (χ1v) is 9.14. The van der Waals surface area contributed by atoms with Gasteiger partial charge in [0.1, 0.15) is 0 Å². The average Bonchev–Trinajstić information content (AvgIpc) is 2.62. The molecule has 0 unspecified atom stereocenters.